The summed E-state index contributed by atoms with van der Waals surface area (Å²) in [7, 11) is -3.01. The number of nitriles is 1. The van der Waals surface area contributed by atoms with E-state index in [1.165, 1.54) is 5.56 Å². The van der Waals surface area contributed by atoms with Gasteiger partial charge in [0.25, 0.3) is 0 Å². The van der Waals surface area contributed by atoms with E-state index in [4.69, 9.17) is 5.26 Å². The third-order valence-corrected chi connectivity index (χ3v) is 8.67. The second kappa shape index (κ2) is 9.68. The molecule has 0 N–H and O–H groups in total. The maximum absolute atomic E-state index is 13.3. The van der Waals surface area contributed by atoms with Crippen LogP contribution in [0.15, 0.2) is 24.3 Å². The fourth-order valence-electron chi connectivity index (χ4n) is 5.20. The van der Waals surface area contributed by atoms with Crippen LogP contribution < -0.4 is 0 Å². The third kappa shape index (κ3) is 5.65. The summed E-state index contributed by atoms with van der Waals surface area (Å²) in [6.07, 6.45) is 4.84. The molecule has 1 saturated carbocycles. The van der Waals surface area contributed by atoms with Crippen LogP contribution in [0.25, 0.3) is 0 Å². The molecular weight excluding hydrogens is 412 g/mol. The number of benzene rings is 1. The molecule has 1 aliphatic carbocycles. The smallest absolute Gasteiger partial charge is 0.237 e. The Kier molecular flexibility index (Phi) is 6.95. The lowest BCUT2D eigenvalue weighted by molar-refractivity contribution is -0.137. The Morgan fingerprint density at radius 2 is 1.65 bits per heavy atom. The highest BCUT2D eigenvalue weighted by Crippen LogP contribution is 2.29. The Morgan fingerprint density at radius 1 is 1.00 bits per heavy atom. The summed E-state index contributed by atoms with van der Waals surface area (Å²) in [6, 6.07) is 9.93. The number of carbonyl (C=O) groups excluding carboxylic acids is 1. The summed E-state index contributed by atoms with van der Waals surface area (Å²) in [5, 5.41) is 8.93. The molecule has 4 rings (SSSR count). The Labute approximate surface area is 185 Å². The van der Waals surface area contributed by atoms with E-state index in [0.717, 1.165) is 58.4 Å². The van der Waals surface area contributed by atoms with Crippen molar-refractivity contribution in [1.29, 1.82) is 5.26 Å². The van der Waals surface area contributed by atoms with Crippen molar-refractivity contribution in [3.05, 3.63) is 35.4 Å². The maximum Gasteiger partial charge on any atom is 0.237 e. The SMILES string of the molecule is N#Cc1ccc(CN2CCN(CC(=O)N(C3CCCC3)C3CCS(=O)(=O)C3)CC2)cc1. The molecule has 1 aromatic rings. The number of hydrogen-bond donors (Lipinski definition) is 0. The van der Waals surface area contributed by atoms with Crippen LogP contribution in [0.4, 0.5) is 0 Å². The second-order valence-corrected chi connectivity index (χ2v) is 11.4. The molecule has 3 aliphatic rings. The van der Waals surface area contributed by atoms with Gasteiger partial charge >= 0.3 is 0 Å². The topological polar surface area (TPSA) is 84.7 Å². The Bertz CT molecular complexity index is 911. The molecule has 3 fully saturated rings. The lowest BCUT2D eigenvalue weighted by Gasteiger charge is -2.38. The molecule has 2 aliphatic heterocycles. The average Bonchev–Trinajstić information content (AvgIpc) is 3.40. The van der Waals surface area contributed by atoms with E-state index >= 15 is 0 Å². The highest BCUT2D eigenvalue weighted by Gasteiger charge is 2.39. The van der Waals surface area contributed by atoms with Crippen molar-refractivity contribution in [2.75, 3.05) is 44.2 Å². The molecule has 1 atom stereocenters. The maximum atomic E-state index is 13.3. The van der Waals surface area contributed by atoms with Gasteiger partial charge in [-0.25, -0.2) is 8.42 Å². The molecule has 2 saturated heterocycles. The van der Waals surface area contributed by atoms with E-state index < -0.39 is 9.84 Å². The van der Waals surface area contributed by atoms with Crippen LogP contribution in [0.1, 0.15) is 43.2 Å². The normalized spacial score (nSPS) is 24.8. The van der Waals surface area contributed by atoms with Gasteiger partial charge in [0.05, 0.1) is 29.7 Å². The lowest BCUT2D eigenvalue weighted by atomic mass is 10.1. The minimum atomic E-state index is -3.01. The molecule has 31 heavy (non-hydrogen) atoms. The van der Waals surface area contributed by atoms with Crippen molar-refractivity contribution >= 4 is 15.7 Å². The van der Waals surface area contributed by atoms with Crippen LogP contribution >= 0.6 is 0 Å². The molecule has 0 radical (unpaired) electrons. The molecule has 2 heterocycles. The number of sulfone groups is 1. The number of nitrogens with zero attached hydrogens (tertiary/aromatic N) is 4. The Hall–Kier alpha value is -1.95. The van der Waals surface area contributed by atoms with Crippen LogP contribution in [0.5, 0.6) is 0 Å². The highest BCUT2D eigenvalue weighted by atomic mass is 32.2. The summed E-state index contributed by atoms with van der Waals surface area (Å²) >= 11 is 0. The Balaban J connectivity index is 1.31. The number of carbonyl (C=O) groups is 1. The zero-order chi connectivity index (χ0) is 21.8. The first kappa shape index (κ1) is 22.3. The molecule has 0 spiro atoms. The van der Waals surface area contributed by atoms with E-state index in [-0.39, 0.29) is 29.5 Å². The fraction of sp³-hybridized carbons (Fsp3) is 0.652. The van der Waals surface area contributed by atoms with Crippen molar-refractivity contribution in [2.45, 2.75) is 50.7 Å². The monoisotopic (exact) mass is 444 g/mol. The summed E-state index contributed by atoms with van der Waals surface area (Å²) in [6.45, 7) is 4.70. The van der Waals surface area contributed by atoms with Gasteiger partial charge < -0.3 is 4.90 Å². The van der Waals surface area contributed by atoms with Gasteiger partial charge in [-0.2, -0.15) is 5.26 Å². The van der Waals surface area contributed by atoms with Crippen LogP contribution in [-0.2, 0) is 21.2 Å². The first-order valence-corrected chi connectivity index (χ1v) is 13.2. The standard InChI is InChI=1S/C23H32N4O3S/c24-15-19-5-7-20(8-6-19)16-25-10-12-26(13-11-25)17-23(28)27(21-3-1-2-4-21)22-9-14-31(29,30)18-22/h5-8,21-22H,1-4,9-14,16-18H2. The molecule has 168 valence electrons. The molecule has 1 amide bonds. The molecule has 0 aromatic heterocycles. The van der Waals surface area contributed by atoms with Gasteiger partial charge in [-0.1, -0.05) is 25.0 Å². The zero-order valence-corrected chi connectivity index (χ0v) is 18.9. The summed E-state index contributed by atoms with van der Waals surface area (Å²) in [5.41, 5.74) is 1.87. The van der Waals surface area contributed by atoms with Crippen molar-refractivity contribution in [3.8, 4) is 6.07 Å². The van der Waals surface area contributed by atoms with Gasteiger partial charge in [0.2, 0.25) is 5.91 Å². The van der Waals surface area contributed by atoms with E-state index in [2.05, 4.69) is 15.9 Å². The van der Waals surface area contributed by atoms with Crippen LogP contribution in [0.3, 0.4) is 0 Å². The minimum absolute atomic E-state index is 0.106. The van der Waals surface area contributed by atoms with Gasteiger partial charge in [0.15, 0.2) is 9.84 Å². The van der Waals surface area contributed by atoms with Crippen molar-refractivity contribution < 1.29 is 13.2 Å². The van der Waals surface area contributed by atoms with Gasteiger partial charge in [-0.15, -0.1) is 0 Å². The van der Waals surface area contributed by atoms with E-state index in [9.17, 15) is 13.2 Å². The van der Waals surface area contributed by atoms with Gasteiger partial charge in [-0.05, 0) is 37.0 Å². The summed E-state index contributed by atoms with van der Waals surface area (Å²) in [5.74, 6) is 0.449. The van der Waals surface area contributed by atoms with Crippen LogP contribution in [0.2, 0.25) is 0 Å². The number of piperazine rings is 1. The van der Waals surface area contributed by atoms with Crippen molar-refractivity contribution in [2.24, 2.45) is 0 Å². The molecular formula is C23H32N4O3S. The van der Waals surface area contributed by atoms with Crippen molar-refractivity contribution in [1.82, 2.24) is 14.7 Å². The number of amides is 1. The predicted octanol–water partition coefficient (Wildman–Crippen LogP) is 1.63. The molecule has 1 unspecified atom stereocenters. The predicted molar refractivity (Wildman–Crippen MR) is 119 cm³/mol. The van der Waals surface area contributed by atoms with E-state index in [0.29, 0.717) is 18.5 Å². The van der Waals surface area contributed by atoms with Gasteiger partial charge in [0.1, 0.15) is 0 Å². The van der Waals surface area contributed by atoms with E-state index in [1.807, 2.05) is 29.2 Å². The number of hydrogen-bond acceptors (Lipinski definition) is 6. The molecule has 8 heteroatoms. The average molecular weight is 445 g/mol. The highest BCUT2D eigenvalue weighted by molar-refractivity contribution is 7.91. The van der Waals surface area contributed by atoms with Crippen LogP contribution in [0, 0.1) is 11.3 Å². The van der Waals surface area contributed by atoms with Crippen LogP contribution in [-0.4, -0.2) is 85.3 Å². The minimum Gasteiger partial charge on any atom is -0.335 e. The van der Waals surface area contributed by atoms with Gasteiger partial charge in [0, 0.05) is 44.8 Å². The second-order valence-electron chi connectivity index (χ2n) is 9.16. The molecule has 0 bridgehead atoms. The zero-order valence-electron chi connectivity index (χ0n) is 18.1. The molecule has 7 nitrogen and oxygen atoms in total. The quantitative estimate of drug-likeness (QED) is 0.663. The Morgan fingerprint density at radius 3 is 2.23 bits per heavy atom. The van der Waals surface area contributed by atoms with Gasteiger partial charge in [-0.3, -0.25) is 14.6 Å². The van der Waals surface area contributed by atoms with Crippen molar-refractivity contribution in [3.63, 3.8) is 0 Å². The fourth-order valence-corrected chi connectivity index (χ4v) is 6.92. The largest absolute Gasteiger partial charge is 0.335 e. The summed E-state index contributed by atoms with van der Waals surface area (Å²) in [4.78, 5) is 19.8. The third-order valence-electron chi connectivity index (χ3n) is 6.92. The summed E-state index contributed by atoms with van der Waals surface area (Å²) < 4.78 is 24.1. The molecule has 1 aromatic carbocycles. The first-order chi connectivity index (χ1) is 14.9. The number of rotatable bonds is 6. The first-order valence-electron chi connectivity index (χ1n) is 11.4. The lowest BCUT2D eigenvalue weighted by Crippen LogP contribution is -2.53. The van der Waals surface area contributed by atoms with E-state index in [1.54, 1.807) is 0 Å².